The first-order valence-corrected chi connectivity index (χ1v) is 9.94. The highest BCUT2D eigenvalue weighted by Gasteiger charge is 2.34. The van der Waals surface area contributed by atoms with Crippen LogP contribution in [0.15, 0.2) is 50.4 Å². The zero-order valence-electron chi connectivity index (χ0n) is 16.3. The zero-order chi connectivity index (χ0) is 19.4. The van der Waals surface area contributed by atoms with Crippen LogP contribution in [0.4, 0.5) is 0 Å². The number of benzene rings is 1. The Morgan fingerprint density at radius 3 is 2.79 bits per heavy atom. The van der Waals surface area contributed by atoms with Crippen molar-refractivity contribution in [3.63, 3.8) is 0 Å². The van der Waals surface area contributed by atoms with Crippen LogP contribution in [-0.4, -0.2) is 22.6 Å². The molecule has 2 aliphatic rings. The van der Waals surface area contributed by atoms with E-state index in [1.54, 1.807) is 12.1 Å². The number of nitrogens with zero attached hydrogens (tertiary/aromatic N) is 2. The molecule has 2 bridgehead atoms. The number of likely N-dealkylation sites (tertiary alicyclic amines) is 1. The van der Waals surface area contributed by atoms with E-state index in [0.717, 1.165) is 54.8 Å². The quantitative estimate of drug-likeness (QED) is 0.645. The van der Waals surface area contributed by atoms with Crippen molar-refractivity contribution in [1.29, 1.82) is 0 Å². The number of rotatable bonds is 2. The molecule has 0 spiro atoms. The van der Waals surface area contributed by atoms with Crippen LogP contribution < -0.4 is 11.2 Å². The standard InChI is InChI=1S/C23H24N2O3/c1-14-6-15(2)23-19(7-14)17(9-22(27)28-23)12-24-10-16-8-18(13-24)20-4-3-5-21(26)25(20)11-16/h3-7,9,16,18H,8,10-13H2,1-2H3/t16-,18+/m1/s1. The van der Waals surface area contributed by atoms with Gasteiger partial charge in [0.05, 0.1) is 0 Å². The summed E-state index contributed by atoms with van der Waals surface area (Å²) in [6.45, 7) is 7.44. The number of hydrogen-bond donors (Lipinski definition) is 0. The molecular weight excluding hydrogens is 352 g/mol. The smallest absolute Gasteiger partial charge is 0.336 e. The fourth-order valence-electron chi connectivity index (χ4n) is 5.17. The van der Waals surface area contributed by atoms with E-state index in [0.29, 0.717) is 17.4 Å². The molecule has 5 heteroatoms. The summed E-state index contributed by atoms with van der Waals surface area (Å²) in [4.78, 5) is 26.8. The Morgan fingerprint density at radius 1 is 1.07 bits per heavy atom. The number of pyridine rings is 1. The summed E-state index contributed by atoms with van der Waals surface area (Å²) in [6.07, 6.45) is 1.13. The molecule has 0 saturated carbocycles. The van der Waals surface area contributed by atoms with Gasteiger partial charge in [-0.05, 0) is 55.0 Å². The maximum atomic E-state index is 12.2. The lowest BCUT2D eigenvalue weighted by atomic mass is 9.83. The normalized spacial score (nSPS) is 21.6. The van der Waals surface area contributed by atoms with Crippen LogP contribution in [0.2, 0.25) is 0 Å². The minimum Gasteiger partial charge on any atom is -0.422 e. The van der Waals surface area contributed by atoms with E-state index in [-0.39, 0.29) is 11.2 Å². The van der Waals surface area contributed by atoms with Crippen LogP contribution in [0, 0.1) is 19.8 Å². The Labute approximate surface area is 163 Å². The Bertz CT molecular complexity index is 1190. The molecule has 3 aromatic rings. The monoisotopic (exact) mass is 376 g/mol. The molecule has 28 heavy (non-hydrogen) atoms. The van der Waals surface area contributed by atoms with Gasteiger partial charge in [0.2, 0.25) is 0 Å². The lowest BCUT2D eigenvalue weighted by Crippen LogP contribution is -2.46. The van der Waals surface area contributed by atoms with Crippen LogP contribution in [0.25, 0.3) is 11.0 Å². The lowest BCUT2D eigenvalue weighted by molar-refractivity contribution is 0.114. The van der Waals surface area contributed by atoms with E-state index in [1.165, 1.54) is 5.56 Å². The summed E-state index contributed by atoms with van der Waals surface area (Å²) in [5, 5.41) is 1.03. The minimum absolute atomic E-state index is 0.110. The van der Waals surface area contributed by atoms with Gasteiger partial charge in [-0.1, -0.05) is 12.1 Å². The number of aromatic nitrogens is 1. The summed E-state index contributed by atoms with van der Waals surface area (Å²) < 4.78 is 7.45. The summed E-state index contributed by atoms with van der Waals surface area (Å²) in [6, 6.07) is 11.4. The molecule has 5 rings (SSSR count). The fraction of sp³-hybridized carbons (Fsp3) is 0.391. The molecule has 2 aromatic heterocycles. The molecule has 0 radical (unpaired) electrons. The fourth-order valence-corrected chi connectivity index (χ4v) is 5.17. The summed E-state index contributed by atoms with van der Waals surface area (Å²) in [5.74, 6) is 0.845. The van der Waals surface area contributed by atoms with Crippen molar-refractivity contribution in [2.24, 2.45) is 5.92 Å². The van der Waals surface area contributed by atoms with E-state index >= 15 is 0 Å². The Hall–Kier alpha value is -2.66. The molecular formula is C23H24N2O3. The van der Waals surface area contributed by atoms with Gasteiger partial charge in [-0.25, -0.2) is 4.79 Å². The van der Waals surface area contributed by atoms with Gasteiger partial charge in [0, 0.05) is 55.3 Å². The van der Waals surface area contributed by atoms with Crippen molar-refractivity contribution in [1.82, 2.24) is 9.47 Å². The molecule has 0 amide bonds. The average Bonchev–Trinajstić information content (AvgIpc) is 2.64. The van der Waals surface area contributed by atoms with Crippen molar-refractivity contribution in [2.45, 2.75) is 39.3 Å². The summed E-state index contributed by atoms with van der Waals surface area (Å²) in [7, 11) is 0. The van der Waals surface area contributed by atoms with Crippen molar-refractivity contribution < 1.29 is 4.42 Å². The molecule has 0 unspecified atom stereocenters. The van der Waals surface area contributed by atoms with Crippen LogP contribution in [0.1, 0.15) is 34.7 Å². The van der Waals surface area contributed by atoms with E-state index in [1.807, 2.05) is 17.6 Å². The Kier molecular flexibility index (Phi) is 4.02. The molecule has 0 N–H and O–H groups in total. The van der Waals surface area contributed by atoms with Gasteiger partial charge in [0.1, 0.15) is 5.58 Å². The van der Waals surface area contributed by atoms with Crippen LogP contribution in [0.3, 0.4) is 0 Å². The Balaban J connectivity index is 1.50. The van der Waals surface area contributed by atoms with Gasteiger partial charge < -0.3 is 8.98 Å². The summed E-state index contributed by atoms with van der Waals surface area (Å²) >= 11 is 0. The zero-order valence-corrected chi connectivity index (χ0v) is 16.3. The molecule has 2 aliphatic heterocycles. The SMILES string of the molecule is Cc1cc(C)c2oc(=O)cc(CN3C[C@H]4C[C@@H](C3)c3cccc(=O)n3C4)c2c1. The number of aryl methyl sites for hydroxylation is 2. The Morgan fingerprint density at radius 2 is 1.93 bits per heavy atom. The highest BCUT2D eigenvalue weighted by Crippen LogP contribution is 2.36. The maximum absolute atomic E-state index is 12.2. The van der Waals surface area contributed by atoms with Crippen molar-refractivity contribution >= 4 is 11.0 Å². The average molecular weight is 376 g/mol. The third-order valence-electron chi connectivity index (χ3n) is 6.21. The van der Waals surface area contributed by atoms with Crippen LogP contribution in [-0.2, 0) is 13.1 Å². The van der Waals surface area contributed by atoms with E-state index in [2.05, 4.69) is 30.0 Å². The molecule has 1 aromatic carbocycles. The van der Waals surface area contributed by atoms with Crippen molar-refractivity contribution in [3.8, 4) is 0 Å². The second-order valence-electron chi connectivity index (χ2n) is 8.44. The van der Waals surface area contributed by atoms with Gasteiger partial charge in [0.15, 0.2) is 0 Å². The first kappa shape index (κ1) is 17.4. The number of hydrogen-bond acceptors (Lipinski definition) is 4. The van der Waals surface area contributed by atoms with Gasteiger partial charge in [-0.15, -0.1) is 0 Å². The van der Waals surface area contributed by atoms with Crippen molar-refractivity contribution in [3.05, 3.63) is 79.6 Å². The molecule has 2 atom stereocenters. The highest BCUT2D eigenvalue weighted by molar-refractivity contribution is 5.83. The highest BCUT2D eigenvalue weighted by atomic mass is 16.4. The van der Waals surface area contributed by atoms with Gasteiger partial charge in [0.25, 0.3) is 5.56 Å². The van der Waals surface area contributed by atoms with Gasteiger partial charge in [-0.2, -0.15) is 0 Å². The predicted octanol–water partition coefficient (Wildman–Crippen LogP) is 3.19. The van der Waals surface area contributed by atoms with Crippen LogP contribution >= 0.6 is 0 Å². The molecule has 5 nitrogen and oxygen atoms in total. The first-order chi connectivity index (χ1) is 13.5. The van der Waals surface area contributed by atoms with E-state index in [9.17, 15) is 9.59 Å². The summed E-state index contributed by atoms with van der Waals surface area (Å²) in [5.41, 5.74) is 4.87. The minimum atomic E-state index is -0.288. The molecule has 4 heterocycles. The molecule has 144 valence electrons. The second-order valence-corrected chi connectivity index (χ2v) is 8.44. The lowest BCUT2D eigenvalue weighted by Gasteiger charge is -2.42. The van der Waals surface area contributed by atoms with Crippen molar-refractivity contribution in [2.75, 3.05) is 13.1 Å². The molecule has 1 fully saturated rings. The van der Waals surface area contributed by atoms with Crippen LogP contribution in [0.5, 0.6) is 0 Å². The van der Waals surface area contributed by atoms with E-state index < -0.39 is 0 Å². The number of fused-ring (bicyclic) bond motifs is 5. The second kappa shape index (κ2) is 6.45. The molecule has 1 saturated heterocycles. The third-order valence-corrected chi connectivity index (χ3v) is 6.21. The molecule has 0 aliphatic carbocycles. The predicted molar refractivity (Wildman–Crippen MR) is 109 cm³/mol. The largest absolute Gasteiger partial charge is 0.422 e. The first-order valence-electron chi connectivity index (χ1n) is 9.94. The van der Waals surface area contributed by atoms with Gasteiger partial charge in [-0.3, -0.25) is 9.69 Å². The van der Waals surface area contributed by atoms with Gasteiger partial charge >= 0.3 is 5.63 Å². The topological polar surface area (TPSA) is 55.5 Å². The van der Waals surface area contributed by atoms with E-state index in [4.69, 9.17) is 4.42 Å². The maximum Gasteiger partial charge on any atom is 0.336 e. The third kappa shape index (κ3) is 2.90. The number of piperidine rings is 1.